The number of thiophene rings is 1. The molecule has 1 aromatic heterocycles. The molecule has 1 rings (SSSR count). The van der Waals surface area contributed by atoms with E-state index in [4.69, 9.17) is 0 Å². The van der Waals surface area contributed by atoms with Crippen molar-refractivity contribution in [1.82, 2.24) is 0 Å². The summed E-state index contributed by atoms with van der Waals surface area (Å²) in [6.07, 6.45) is 0. The number of hydrogen-bond donors (Lipinski definition) is 0. The Morgan fingerprint density at radius 2 is 2.00 bits per heavy atom. The zero-order valence-corrected chi connectivity index (χ0v) is 11.2. The Morgan fingerprint density at radius 3 is 2.38 bits per heavy atom. The van der Waals surface area contributed by atoms with E-state index in [-0.39, 0.29) is 0 Å². The molecule has 0 aliphatic carbocycles. The van der Waals surface area contributed by atoms with E-state index in [0.29, 0.717) is 0 Å². The van der Waals surface area contributed by atoms with Crippen molar-refractivity contribution in [2.75, 3.05) is 0 Å². The van der Waals surface area contributed by atoms with Crippen LogP contribution in [0, 0.1) is 6.92 Å². The summed E-state index contributed by atoms with van der Waals surface area (Å²) >= 11 is 1.92. The quantitative estimate of drug-likeness (QED) is 0.647. The van der Waals surface area contributed by atoms with Crippen molar-refractivity contribution in [2.24, 2.45) is 0 Å². The van der Waals surface area contributed by atoms with Crippen molar-refractivity contribution in [3.05, 3.63) is 21.9 Å². The molecule has 0 bridgehead atoms. The van der Waals surface area contributed by atoms with Gasteiger partial charge in [-0.2, -0.15) is 0 Å². The maximum absolute atomic E-state index is 2.45. The largest absolute Gasteiger partial charge is 0.148 e. The Hall–Kier alpha value is -0.0831. The molecule has 0 nitrogen and oxygen atoms in total. The van der Waals surface area contributed by atoms with Crippen LogP contribution >= 0.6 is 11.3 Å². The molecule has 1 atom stereocenters. The molecule has 0 radical (unpaired) electrons. The summed E-state index contributed by atoms with van der Waals surface area (Å²) in [6.45, 7) is 12.0. The van der Waals surface area contributed by atoms with Crippen LogP contribution in [-0.4, -0.2) is 8.07 Å². The third-order valence-electron chi connectivity index (χ3n) is 2.27. The summed E-state index contributed by atoms with van der Waals surface area (Å²) in [6, 6.07) is 3.65. The molecule has 0 aliphatic heterocycles. The van der Waals surface area contributed by atoms with Gasteiger partial charge in [-0.15, -0.1) is 11.3 Å². The second kappa shape index (κ2) is 3.97. The van der Waals surface area contributed by atoms with Gasteiger partial charge in [0.15, 0.2) is 0 Å². The summed E-state index contributed by atoms with van der Waals surface area (Å²) in [7, 11) is -0.893. The number of hydrogen-bond acceptors (Lipinski definition) is 1. The van der Waals surface area contributed by atoms with Gasteiger partial charge in [-0.3, -0.25) is 0 Å². The van der Waals surface area contributed by atoms with Gasteiger partial charge in [-0.25, -0.2) is 0 Å². The average Bonchev–Trinajstić information content (AvgIpc) is 2.30. The van der Waals surface area contributed by atoms with Crippen molar-refractivity contribution in [3.8, 4) is 0 Å². The molecule has 0 fully saturated rings. The highest BCUT2D eigenvalue weighted by atomic mass is 32.1. The summed E-state index contributed by atoms with van der Waals surface area (Å²) in [4.78, 5) is 1.60. The predicted octanol–water partition coefficient (Wildman–Crippen LogP) is 4.50. The van der Waals surface area contributed by atoms with Gasteiger partial charge >= 0.3 is 0 Å². The van der Waals surface area contributed by atoms with Crippen molar-refractivity contribution >= 4 is 19.4 Å². The monoisotopic (exact) mass is 212 g/mol. The molecule has 0 saturated carbocycles. The molecule has 1 aromatic rings. The molecule has 0 saturated heterocycles. The van der Waals surface area contributed by atoms with Gasteiger partial charge < -0.3 is 0 Å². The van der Waals surface area contributed by atoms with Crippen LogP contribution in [0.1, 0.15) is 23.3 Å². The van der Waals surface area contributed by atoms with Crippen LogP contribution in [0.15, 0.2) is 11.4 Å². The molecule has 13 heavy (non-hydrogen) atoms. The molecule has 0 aromatic carbocycles. The third-order valence-corrected chi connectivity index (χ3v) is 5.36. The maximum atomic E-state index is 2.45. The fourth-order valence-electron chi connectivity index (χ4n) is 1.90. The predicted molar refractivity (Wildman–Crippen MR) is 65.6 cm³/mol. The second-order valence-electron chi connectivity index (χ2n) is 5.13. The molecule has 1 unspecified atom stereocenters. The van der Waals surface area contributed by atoms with Crippen molar-refractivity contribution < 1.29 is 0 Å². The molecule has 0 amide bonds. The average molecular weight is 212 g/mol. The summed E-state index contributed by atoms with van der Waals surface area (Å²) in [5, 5.41) is 2.21. The van der Waals surface area contributed by atoms with Crippen LogP contribution in [0.5, 0.6) is 0 Å². The maximum Gasteiger partial charge on any atom is 0.0448 e. The summed E-state index contributed by atoms with van der Waals surface area (Å²) < 4.78 is 0. The lowest BCUT2D eigenvalue weighted by molar-refractivity contribution is 0.858. The lowest BCUT2D eigenvalue weighted by atomic mass is 10.1. The van der Waals surface area contributed by atoms with Crippen molar-refractivity contribution in [1.29, 1.82) is 0 Å². The molecule has 74 valence electrons. The fourth-order valence-corrected chi connectivity index (χ4v) is 5.08. The Morgan fingerprint density at radius 1 is 1.38 bits per heavy atom. The van der Waals surface area contributed by atoms with Gasteiger partial charge in [0.1, 0.15) is 0 Å². The second-order valence-corrected chi connectivity index (χ2v) is 11.6. The first-order chi connectivity index (χ1) is 5.90. The lowest BCUT2D eigenvalue weighted by Gasteiger charge is -2.21. The van der Waals surface area contributed by atoms with Gasteiger partial charge in [0.05, 0.1) is 0 Å². The highest BCUT2D eigenvalue weighted by Gasteiger charge is 2.19. The van der Waals surface area contributed by atoms with Crippen molar-refractivity contribution in [2.45, 2.75) is 45.5 Å². The van der Waals surface area contributed by atoms with E-state index >= 15 is 0 Å². The van der Waals surface area contributed by atoms with Crippen LogP contribution in [-0.2, 0) is 0 Å². The van der Waals surface area contributed by atoms with E-state index in [1.807, 2.05) is 11.3 Å². The molecular weight excluding hydrogens is 192 g/mol. The van der Waals surface area contributed by atoms with Gasteiger partial charge in [0, 0.05) is 13.0 Å². The number of rotatable bonds is 3. The zero-order chi connectivity index (χ0) is 10.1. The first-order valence-electron chi connectivity index (χ1n) is 4.94. The first-order valence-corrected chi connectivity index (χ1v) is 9.53. The van der Waals surface area contributed by atoms with Crippen LogP contribution in [0.3, 0.4) is 0 Å². The topological polar surface area (TPSA) is 0 Å². The summed E-state index contributed by atoms with van der Waals surface area (Å²) in [5.41, 5.74) is 1.48. The van der Waals surface area contributed by atoms with Crippen LogP contribution in [0.2, 0.25) is 25.7 Å². The Kier molecular flexibility index (Phi) is 3.36. The molecule has 0 aliphatic rings. The van der Waals surface area contributed by atoms with E-state index in [1.54, 1.807) is 4.88 Å². The van der Waals surface area contributed by atoms with E-state index < -0.39 is 8.07 Å². The smallest absolute Gasteiger partial charge is 0.0448 e. The molecule has 0 spiro atoms. The highest BCUT2D eigenvalue weighted by molar-refractivity contribution is 7.10. The van der Waals surface area contributed by atoms with E-state index in [0.717, 1.165) is 5.92 Å². The summed E-state index contributed by atoms with van der Waals surface area (Å²) in [5.74, 6) is 0.770. The minimum Gasteiger partial charge on any atom is -0.148 e. The SMILES string of the molecule is Cc1ccsc1C(C)C[Si](C)(C)C. The minimum atomic E-state index is -0.893. The molecular formula is C11H20SSi. The third kappa shape index (κ3) is 3.28. The van der Waals surface area contributed by atoms with Gasteiger partial charge in [0.25, 0.3) is 0 Å². The Labute approximate surface area is 87.0 Å². The Bertz CT molecular complexity index is 270. The van der Waals surface area contributed by atoms with Crippen LogP contribution in [0.4, 0.5) is 0 Å². The van der Waals surface area contributed by atoms with Crippen LogP contribution in [0.25, 0.3) is 0 Å². The van der Waals surface area contributed by atoms with Gasteiger partial charge in [-0.1, -0.05) is 32.6 Å². The molecule has 1 heterocycles. The minimum absolute atomic E-state index is 0.770. The standard InChI is InChI=1S/C11H20SSi/c1-9-6-7-12-11(9)10(2)8-13(3,4)5/h6-7,10H,8H2,1-5H3. The molecule has 2 heteroatoms. The van der Waals surface area contributed by atoms with Gasteiger partial charge in [0.2, 0.25) is 0 Å². The number of aryl methyl sites for hydroxylation is 1. The van der Waals surface area contributed by atoms with E-state index in [9.17, 15) is 0 Å². The van der Waals surface area contributed by atoms with Crippen LogP contribution < -0.4 is 0 Å². The Balaban J connectivity index is 2.69. The van der Waals surface area contributed by atoms with Crippen molar-refractivity contribution in [3.63, 3.8) is 0 Å². The van der Waals surface area contributed by atoms with E-state index in [1.165, 1.54) is 11.6 Å². The first kappa shape index (κ1) is 11.0. The van der Waals surface area contributed by atoms with E-state index in [2.05, 4.69) is 44.9 Å². The lowest BCUT2D eigenvalue weighted by Crippen LogP contribution is -2.21. The zero-order valence-electron chi connectivity index (χ0n) is 9.35. The van der Waals surface area contributed by atoms with Gasteiger partial charge in [-0.05, 0) is 29.9 Å². The normalized spacial score (nSPS) is 14.5. The highest BCUT2D eigenvalue weighted by Crippen LogP contribution is 2.31. The molecule has 0 N–H and O–H groups in total. The fraction of sp³-hybridized carbons (Fsp3) is 0.636.